The molecule has 4 rings (SSSR count). The van der Waals surface area contributed by atoms with Crippen molar-refractivity contribution in [3.05, 3.63) is 110 Å². The number of rotatable bonds is 14. The quantitative estimate of drug-likeness (QED) is 0.130. The molecule has 0 aliphatic rings. The fourth-order valence-electron chi connectivity index (χ4n) is 5.12. The minimum Gasteiger partial charge on any atom is -0.497 e. The molecule has 51 heavy (non-hydrogen) atoms. The van der Waals surface area contributed by atoms with Crippen LogP contribution in [0.1, 0.15) is 59.5 Å². The number of aromatic nitrogens is 2. The van der Waals surface area contributed by atoms with Gasteiger partial charge in [0.05, 0.1) is 36.2 Å². The van der Waals surface area contributed by atoms with Crippen molar-refractivity contribution in [1.82, 2.24) is 19.8 Å². The smallest absolute Gasteiger partial charge is 0.340 e. The van der Waals surface area contributed by atoms with E-state index in [0.717, 1.165) is 10.1 Å². The van der Waals surface area contributed by atoms with Gasteiger partial charge in [-0.2, -0.15) is 0 Å². The molecule has 0 spiro atoms. The highest BCUT2D eigenvalue weighted by atomic mass is 16.7. The molecular weight excluding hydrogens is 658 g/mol. The molecule has 0 aliphatic carbocycles. The summed E-state index contributed by atoms with van der Waals surface area (Å²) in [5.41, 5.74) is 6.90. The van der Waals surface area contributed by atoms with Crippen LogP contribution in [0, 0.1) is 11.8 Å². The molecule has 0 fully saturated rings. The Morgan fingerprint density at radius 1 is 0.824 bits per heavy atom. The van der Waals surface area contributed by atoms with Gasteiger partial charge in [0.2, 0.25) is 12.7 Å². The molecule has 270 valence electrons. The zero-order valence-electron chi connectivity index (χ0n) is 29.4. The van der Waals surface area contributed by atoms with E-state index in [4.69, 9.17) is 19.9 Å². The number of nitrogens with zero attached hydrogens (tertiary/aromatic N) is 2. The third kappa shape index (κ3) is 9.28. The van der Waals surface area contributed by atoms with Crippen LogP contribution >= 0.6 is 0 Å². The Hall–Kier alpha value is -5.76. The predicted molar refractivity (Wildman–Crippen MR) is 189 cm³/mol. The molecule has 0 radical (unpaired) electrons. The van der Waals surface area contributed by atoms with Crippen LogP contribution in [-0.4, -0.2) is 58.9 Å². The maximum Gasteiger partial charge on any atom is 0.340 e. The average Bonchev–Trinajstić information content (AvgIpc) is 3.13. The van der Waals surface area contributed by atoms with Gasteiger partial charge in [0.25, 0.3) is 11.5 Å². The standard InChI is InChI=1S/C37H43N5O9/c1-21(2)30(38)33(44)40-31(22(3)4)36(47)51-20-50-35(46)25-11-7-24(8-12-25)19-42-34(45)28-17-26(13-16-29(28)41(5)37(42)48)32(43)39-18-23-9-14-27(49-6)15-10-23/h7-17,21-22,30-31H,18-20,38H2,1-6H3,(H,39,43)(H,40,44). The Balaban J connectivity index is 1.40. The second-order valence-corrected chi connectivity index (χ2v) is 12.7. The van der Waals surface area contributed by atoms with Gasteiger partial charge in [-0.1, -0.05) is 52.0 Å². The predicted octanol–water partition coefficient (Wildman–Crippen LogP) is 2.47. The first-order valence-electron chi connectivity index (χ1n) is 16.3. The van der Waals surface area contributed by atoms with Crippen LogP contribution in [0.2, 0.25) is 0 Å². The number of hydrogen-bond donors (Lipinski definition) is 3. The highest BCUT2D eigenvalue weighted by Crippen LogP contribution is 2.15. The van der Waals surface area contributed by atoms with Crippen molar-refractivity contribution < 1.29 is 33.4 Å². The highest BCUT2D eigenvalue weighted by Gasteiger charge is 2.29. The second kappa shape index (κ2) is 16.8. The lowest BCUT2D eigenvalue weighted by molar-refractivity contribution is -0.157. The summed E-state index contributed by atoms with van der Waals surface area (Å²) in [6.45, 7) is 6.50. The Kier molecular flexibility index (Phi) is 12.5. The topological polar surface area (TPSA) is 190 Å². The van der Waals surface area contributed by atoms with E-state index in [2.05, 4.69) is 10.6 Å². The van der Waals surface area contributed by atoms with Crippen molar-refractivity contribution in [3.63, 3.8) is 0 Å². The summed E-state index contributed by atoms with van der Waals surface area (Å²) < 4.78 is 17.7. The number of aryl methyl sites for hydroxylation is 1. The highest BCUT2D eigenvalue weighted by molar-refractivity contribution is 5.97. The van der Waals surface area contributed by atoms with Gasteiger partial charge in [-0.25, -0.2) is 14.4 Å². The number of ether oxygens (including phenoxy) is 3. The Labute approximate surface area is 294 Å². The van der Waals surface area contributed by atoms with Gasteiger partial charge in [0, 0.05) is 19.2 Å². The number of esters is 2. The molecule has 1 heterocycles. The van der Waals surface area contributed by atoms with Crippen LogP contribution in [0.25, 0.3) is 10.9 Å². The maximum absolute atomic E-state index is 13.5. The molecule has 4 N–H and O–H groups in total. The number of hydrogen-bond acceptors (Lipinski definition) is 10. The van der Waals surface area contributed by atoms with Crippen molar-refractivity contribution >= 4 is 34.7 Å². The molecule has 4 aromatic rings. The molecule has 0 aliphatic heterocycles. The summed E-state index contributed by atoms with van der Waals surface area (Å²) in [6.07, 6.45) is 0. The van der Waals surface area contributed by atoms with E-state index in [0.29, 0.717) is 16.8 Å². The van der Waals surface area contributed by atoms with Gasteiger partial charge in [-0.05, 0) is 65.4 Å². The van der Waals surface area contributed by atoms with Crippen molar-refractivity contribution in [3.8, 4) is 5.75 Å². The lowest BCUT2D eigenvalue weighted by atomic mass is 10.0. The number of carbonyl (C=O) groups is 4. The molecule has 0 bridgehead atoms. The molecule has 1 aromatic heterocycles. The number of nitrogens with one attached hydrogen (secondary N) is 2. The van der Waals surface area contributed by atoms with Crippen LogP contribution in [0.15, 0.2) is 76.3 Å². The van der Waals surface area contributed by atoms with E-state index in [9.17, 15) is 28.8 Å². The monoisotopic (exact) mass is 701 g/mol. The third-order valence-corrected chi connectivity index (χ3v) is 8.39. The molecule has 0 saturated heterocycles. The molecule has 2 amide bonds. The lowest BCUT2D eigenvalue weighted by Gasteiger charge is -2.23. The lowest BCUT2D eigenvalue weighted by Crippen LogP contribution is -2.52. The zero-order chi connectivity index (χ0) is 37.4. The second-order valence-electron chi connectivity index (χ2n) is 12.7. The molecule has 2 unspecified atom stereocenters. The molecular formula is C37H43N5O9. The van der Waals surface area contributed by atoms with Crippen molar-refractivity contribution in [2.75, 3.05) is 13.9 Å². The van der Waals surface area contributed by atoms with Crippen LogP contribution in [0.5, 0.6) is 5.75 Å². The molecule has 0 saturated carbocycles. The molecule has 2 atom stereocenters. The van der Waals surface area contributed by atoms with Crippen molar-refractivity contribution in [2.45, 2.75) is 52.9 Å². The summed E-state index contributed by atoms with van der Waals surface area (Å²) in [5.74, 6) is -2.18. The molecule has 14 heteroatoms. The largest absolute Gasteiger partial charge is 0.497 e. The summed E-state index contributed by atoms with van der Waals surface area (Å²) in [6, 6.07) is 16.1. The number of methoxy groups -OCH3 is 1. The fraction of sp³-hybridized carbons (Fsp3) is 0.351. The van der Waals surface area contributed by atoms with Crippen molar-refractivity contribution in [2.24, 2.45) is 24.6 Å². The normalized spacial score (nSPS) is 12.3. The first-order valence-corrected chi connectivity index (χ1v) is 16.3. The van der Waals surface area contributed by atoms with E-state index in [-0.39, 0.29) is 47.3 Å². The molecule has 14 nitrogen and oxygen atoms in total. The van der Waals surface area contributed by atoms with Crippen molar-refractivity contribution in [1.29, 1.82) is 0 Å². The van der Waals surface area contributed by atoms with Gasteiger partial charge >= 0.3 is 17.6 Å². The van der Waals surface area contributed by atoms with Crippen LogP contribution in [-0.2, 0) is 39.2 Å². The van der Waals surface area contributed by atoms with Gasteiger partial charge in [-0.15, -0.1) is 0 Å². The minimum absolute atomic E-state index is 0.106. The van der Waals surface area contributed by atoms with Gasteiger partial charge in [0.15, 0.2) is 0 Å². The van der Waals surface area contributed by atoms with Crippen LogP contribution in [0.3, 0.4) is 0 Å². The van der Waals surface area contributed by atoms with E-state index < -0.39 is 48.0 Å². The van der Waals surface area contributed by atoms with E-state index >= 15 is 0 Å². The minimum atomic E-state index is -0.986. The summed E-state index contributed by atoms with van der Waals surface area (Å²) in [7, 11) is 3.11. The third-order valence-electron chi connectivity index (χ3n) is 8.39. The van der Waals surface area contributed by atoms with Gasteiger partial charge < -0.3 is 30.6 Å². The number of carbonyl (C=O) groups excluding carboxylic acids is 4. The number of nitrogens with two attached hydrogens (primary N) is 1. The summed E-state index contributed by atoms with van der Waals surface area (Å²) >= 11 is 0. The fourth-order valence-corrected chi connectivity index (χ4v) is 5.12. The summed E-state index contributed by atoms with van der Waals surface area (Å²) in [5, 5.41) is 5.61. The zero-order valence-corrected chi connectivity index (χ0v) is 29.4. The van der Waals surface area contributed by atoms with Crippen LogP contribution < -0.4 is 32.4 Å². The van der Waals surface area contributed by atoms with E-state index in [1.54, 1.807) is 71.2 Å². The summed E-state index contributed by atoms with van der Waals surface area (Å²) in [4.78, 5) is 77.3. The maximum atomic E-state index is 13.5. The number of benzene rings is 3. The Morgan fingerprint density at radius 2 is 1.45 bits per heavy atom. The van der Waals surface area contributed by atoms with Gasteiger partial charge in [0.1, 0.15) is 11.8 Å². The molecule has 3 aromatic carbocycles. The van der Waals surface area contributed by atoms with E-state index in [1.807, 2.05) is 12.1 Å². The Bertz CT molecular complexity index is 2020. The first kappa shape index (κ1) is 38.0. The van der Waals surface area contributed by atoms with E-state index in [1.165, 1.54) is 29.8 Å². The average molecular weight is 702 g/mol. The van der Waals surface area contributed by atoms with Gasteiger partial charge in [-0.3, -0.25) is 23.5 Å². The number of fused-ring (bicyclic) bond motifs is 1. The first-order chi connectivity index (χ1) is 24.2. The number of amides is 2. The van der Waals surface area contributed by atoms with Crippen LogP contribution in [0.4, 0.5) is 0 Å². The SMILES string of the molecule is COc1ccc(CNC(=O)c2ccc3c(c2)c(=O)n(Cc2ccc(C(=O)OCOC(=O)C(NC(=O)C(N)C(C)C)C(C)C)cc2)c(=O)n3C)cc1. The Morgan fingerprint density at radius 3 is 2.06 bits per heavy atom.